The Morgan fingerprint density at radius 3 is 2.64 bits per heavy atom. The Morgan fingerprint density at radius 2 is 2.00 bits per heavy atom. The molecule has 0 heterocycles. The lowest BCUT2D eigenvalue weighted by molar-refractivity contribution is -0.131. The monoisotopic (exact) mass is 370 g/mol. The van der Waals surface area contributed by atoms with Crippen molar-refractivity contribution in [1.29, 1.82) is 0 Å². The summed E-state index contributed by atoms with van der Waals surface area (Å²) in [5.41, 5.74) is 0.746. The maximum Gasteiger partial charge on any atom is 0.328 e. The summed E-state index contributed by atoms with van der Waals surface area (Å²) >= 11 is 3.47. The molecule has 0 aromatic heterocycles. The third-order valence-electron chi connectivity index (χ3n) is 2.99. The molecule has 0 aliphatic rings. The van der Waals surface area contributed by atoms with Gasteiger partial charge in [0.15, 0.2) is 11.5 Å². The lowest BCUT2D eigenvalue weighted by atomic mass is 10.2. The van der Waals surface area contributed by atoms with Crippen LogP contribution in [0.15, 0.2) is 22.7 Å². The molecule has 122 valence electrons. The molecule has 0 saturated heterocycles. The molecule has 0 saturated carbocycles. The Morgan fingerprint density at radius 1 is 1.23 bits per heavy atom. The van der Waals surface area contributed by atoms with Crippen molar-refractivity contribution in [1.82, 2.24) is 0 Å². The predicted octanol–water partition coefficient (Wildman–Crippen LogP) is 4.90. The number of rotatable bonds is 10. The molecule has 0 bridgehead atoms. The highest BCUT2D eigenvalue weighted by molar-refractivity contribution is 9.10. The van der Waals surface area contributed by atoms with Crippen LogP contribution in [0.1, 0.15) is 45.1 Å². The van der Waals surface area contributed by atoms with Gasteiger partial charge in [-0.05, 0) is 53.0 Å². The van der Waals surface area contributed by atoms with Gasteiger partial charge in [-0.15, -0.1) is 0 Å². The van der Waals surface area contributed by atoms with Crippen molar-refractivity contribution in [3.63, 3.8) is 0 Å². The van der Waals surface area contributed by atoms with Crippen LogP contribution in [0.5, 0.6) is 11.5 Å². The predicted molar refractivity (Wildman–Crippen MR) is 91.6 cm³/mol. The molecule has 0 aliphatic heterocycles. The molecule has 0 radical (unpaired) electrons. The minimum atomic E-state index is -0.981. The second-order valence-corrected chi connectivity index (χ2v) is 5.70. The van der Waals surface area contributed by atoms with E-state index in [0.717, 1.165) is 29.0 Å². The van der Waals surface area contributed by atoms with E-state index < -0.39 is 5.97 Å². The smallest absolute Gasteiger partial charge is 0.328 e. The van der Waals surface area contributed by atoms with Crippen molar-refractivity contribution in [3.8, 4) is 11.5 Å². The molecular formula is C17H23BrO4. The maximum absolute atomic E-state index is 10.6. The molecule has 5 heteroatoms. The van der Waals surface area contributed by atoms with Crippen molar-refractivity contribution in [2.24, 2.45) is 0 Å². The molecule has 0 atom stereocenters. The van der Waals surface area contributed by atoms with Crippen LogP contribution < -0.4 is 9.47 Å². The number of unbranched alkanes of at least 4 members (excludes halogenated alkanes) is 3. The maximum atomic E-state index is 10.6. The number of halogens is 1. The highest BCUT2D eigenvalue weighted by Crippen LogP contribution is 2.37. The van der Waals surface area contributed by atoms with E-state index in [1.54, 1.807) is 6.07 Å². The zero-order valence-electron chi connectivity index (χ0n) is 13.1. The fourth-order valence-electron chi connectivity index (χ4n) is 1.96. The summed E-state index contributed by atoms with van der Waals surface area (Å²) in [6.45, 7) is 5.24. The van der Waals surface area contributed by atoms with Gasteiger partial charge >= 0.3 is 5.97 Å². The number of hydrogen-bond donors (Lipinski definition) is 1. The van der Waals surface area contributed by atoms with Crippen LogP contribution in [-0.2, 0) is 4.79 Å². The number of carboxylic acid groups (broad SMARTS) is 1. The molecule has 1 rings (SSSR count). The number of hydrogen-bond acceptors (Lipinski definition) is 3. The first-order valence-corrected chi connectivity index (χ1v) is 8.37. The third-order valence-corrected chi connectivity index (χ3v) is 3.58. The third kappa shape index (κ3) is 6.52. The molecule has 0 fully saturated rings. The number of carbonyl (C=O) groups is 1. The Bertz CT molecular complexity index is 512. The molecule has 1 aromatic carbocycles. The summed E-state index contributed by atoms with van der Waals surface area (Å²) in [5, 5.41) is 8.70. The number of ether oxygens (including phenoxy) is 2. The summed E-state index contributed by atoms with van der Waals surface area (Å²) in [6.07, 6.45) is 7.19. The minimum absolute atomic E-state index is 0.519. The summed E-state index contributed by atoms with van der Waals surface area (Å²) in [5.74, 6) is 0.313. The van der Waals surface area contributed by atoms with Crippen LogP contribution in [0, 0.1) is 0 Å². The number of aliphatic carboxylic acids is 1. The number of benzene rings is 1. The van der Waals surface area contributed by atoms with Gasteiger partial charge in [-0.25, -0.2) is 4.79 Å². The first-order valence-electron chi connectivity index (χ1n) is 7.58. The van der Waals surface area contributed by atoms with Crippen LogP contribution in [0.25, 0.3) is 6.08 Å². The van der Waals surface area contributed by atoms with Gasteiger partial charge in [0.05, 0.1) is 17.7 Å². The quantitative estimate of drug-likeness (QED) is 0.469. The summed E-state index contributed by atoms with van der Waals surface area (Å²) < 4.78 is 12.2. The van der Waals surface area contributed by atoms with Gasteiger partial charge in [0.1, 0.15) is 0 Å². The average molecular weight is 371 g/mol. The van der Waals surface area contributed by atoms with Crippen LogP contribution >= 0.6 is 15.9 Å². The Balaban J connectivity index is 2.83. The van der Waals surface area contributed by atoms with Gasteiger partial charge in [-0.3, -0.25) is 0 Å². The van der Waals surface area contributed by atoms with Crippen LogP contribution in [0.2, 0.25) is 0 Å². The molecule has 1 N–H and O–H groups in total. The average Bonchev–Trinajstić information content (AvgIpc) is 2.47. The summed E-state index contributed by atoms with van der Waals surface area (Å²) in [6, 6.07) is 3.61. The van der Waals surface area contributed by atoms with Gasteiger partial charge in [-0.1, -0.05) is 26.2 Å². The normalized spacial score (nSPS) is 10.9. The standard InChI is InChI=1S/C17H23BrO4/c1-3-5-6-7-10-22-17-14(18)11-13(8-9-16(19)20)12-15(17)21-4-2/h8-9,11-12H,3-7,10H2,1-2H3,(H,19,20)/b9-8+. The van der Waals surface area contributed by atoms with E-state index in [1.165, 1.54) is 18.9 Å². The molecule has 1 aromatic rings. The SMILES string of the molecule is CCCCCCOc1c(Br)cc(/C=C/C(=O)O)cc1OCC. The Kier molecular flexibility index (Phi) is 8.67. The van der Waals surface area contributed by atoms with Gasteiger partial charge in [-0.2, -0.15) is 0 Å². The highest BCUT2D eigenvalue weighted by Gasteiger charge is 2.11. The lowest BCUT2D eigenvalue weighted by Crippen LogP contribution is -2.02. The topological polar surface area (TPSA) is 55.8 Å². The van der Waals surface area contributed by atoms with Crippen molar-refractivity contribution in [2.75, 3.05) is 13.2 Å². The molecule has 0 unspecified atom stereocenters. The van der Waals surface area contributed by atoms with E-state index in [2.05, 4.69) is 22.9 Å². The van der Waals surface area contributed by atoms with Crippen LogP contribution in [0.3, 0.4) is 0 Å². The zero-order chi connectivity index (χ0) is 16.4. The molecule has 4 nitrogen and oxygen atoms in total. The minimum Gasteiger partial charge on any atom is -0.490 e. The van der Waals surface area contributed by atoms with E-state index >= 15 is 0 Å². The first-order chi connectivity index (χ1) is 10.6. The Hall–Kier alpha value is -1.49. The second-order valence-electron chi connectivity index (χ2n) is 4.84. The van der Waals surface area contributed by atoms with Crippen molar-refractivity contribution < 1.29 is 19.4 Å². The van der Waals surface area contributed by atoms with Crippen molar-refractivity contribution in [2.45, 2.75) is 39.5 Å². The van der Waals surface area contributed by atoms with Gasteiger partial charge in [0.25, 0.3) is 0 Å². The first kappa shape index (κ1) is 18.6. The van der Waals surface area contributed by atoms with E-state index in [-0.39, 0.29) is 0 Å². The molecule has 22 heavy (non-hydrogen) atoms. The van der Waals surface area contributed by atoms with E-state index in [0.29, 0.717) is 24.7 Å². The molecule has 0 aliphatic carbocycles. The summed E-state index contributed by atoms with van der Waals surface area (Å²) in [7, 11) is 0. The van der Waals surface area contributed by atoms with Crippen LogP contribution in [-0.4, -0.2) is 24.3 Å². The lowest BCUT2D eigenvalue weighted by Gasteiger charge is -2.14. The van der Waals surface area contributed by atoms with E-state index in [9.17, 15) is 4.79 Å². The molecule has 0 amide bonds. The number of carboxylic acids is 1. The van der Waals surface area contributed by atoms with Gasteiger partial charge in [0, 0.05) is 6.08 Å². The second kappa shape index (κ2) is 10.3. The van der Waals surface area contributed by atoms with E-state index in [4.69, 9.17) is 14.6 Å². The zero-order valence-corrected chi connectivity index (χ0v) is 14.7. The van der Waals surface area contributed by atoms with Gasteiger partial charge < -0.3 is 14.6 Å². The largest absolute Gasteiger partial charge is 0.490 e. The fourth-order valence-corrected chi connectivity index (χ4v) is 2.53. The van der Waals surface area contributed by atoms with Crippen LogP contribution in [0.4, 0.5) is 0 Å². The van der Waals surface area contributed by atoms with E-state index in [1.807, 2.05) is 13.0 Å². The Labute approximate surface area is 140 Å². The van der Waals surface area contributed by atoms with Crippen molar-refractivity contribution in [3.05, 3.63) is 28.2 Å². The molecule has 0 spiro atoms. The van der Waals surface area contributed by atoms with Crippen molar-refractivity contribution >= 4 is 28.0 Å². The fraction of sp³-hybridized carbons (Fsp3) is 0.471. The van der Waals surface area contributed by atoms with Gasteiger partial charge in [0.2, 0.25) is 0 Å². The summed E-state index contributed by atoms with van der Waals surface area (Å²) in [4.78, 5) is 10.6. The molecular weight excluding hydrogens is 348 g/mol. The highest BCUT2D eigenvalue weighted by atomic mass is 79.9.